The van der Waals surface area contributed by atoms with E-state index in [9.17, 15) is 0 Å². The molecule has 0 radical (unpaired) electrons. The molecule has 0 amide bonds. The molecule has 1 aliphatic rings. The van der Waals surface area contributed by atoms with Gasteiger partial charge in [0.15, 0.2) is 0 Å². The summed E-state index contributed by atoms with van der Waals surface area (Å²) >= 11 is 0. The van der Waals surface area contributed by atoms with Gasteiger partial charge in [-0.1, -0.05) is 66.2 Å². The van der Waals surface area contributed by atoms with Crippen molar-refractivity contribution in [3.63, 3.8) is 0 Å². The quantitative estimate of drug-likeness (QED) is 0.530. The number of aryl methyl sites for hydroxylation is 1. The van der Waals surface area contributed by atoms with Gasteiger partial charge >= 0.3 is 0 Å². The van der Waals surface area contributed by atoms with Gasteiger partial charge in [-0.3, -0.25) is 4.98 Å². The van der Waals surface area contributed by atoms with Crippen molar-refractivity contribution in [2.24, 2.45) is 5.92 Å². The van der Waals surface area contributed by atoms with E-state index < -0.39 is 0 Å². The molecular weight excluding hydrogens is 314 g/mol. The van der Waals surface area contributed by atoms with E-state index in [1.54, 1.807) is 0 Å². The molecule has 1 heterocycles. The number of pyridine rings is 1. The summed E-state index contributed by atoms with van der Waals surface area (Å²) in [6.07, 6.45) is 9.02. The molecule has 1 aliphatic carbocycles. The van der Waals surface area contributed by atoms with Gasteiger partial charge in [0.1, 0.15) is 0 Å². The molecule has 4 rings (SSSR count). The number of rotatable bonds is 4. The number of hydrogen-bond donors (Lipinski definition) is 0. The number of aromatic nitrogens is 1. The van der Waals surface area contributed by atoms with E-state index in [1.165, 1.54) is 46.4 Å². The standard InChI is InChI=1S/C25H25N/c1-19-10-12-22(13-11-19)23-9-5-6-20(16-23)17-25-18-24(14-15-26-25)21-7-3-2-4-8-21/h2-4,7-15,18,20H,5-6,16-17H2,1H3. The lowest BCUT2D eigenvalue weighted by atomic mass is 9.83. The van der Waals surface area contributed by atoms with E-state index in [-0.39, 0.29) is 0 Å². The molecule has 0 fully saturated rings. The van der Waals surface area contributed by atoms with Crippen LogP contribution in [0.4, 0.5) is 0 Å². The molecule has 0 saturated heterocycles. The highest BCUT2D eigenvalue weighted by atomic mass is 14.7. The number of benzene rings is 2. The maximum Gasteiger partial charge on any atom is 0.0412 e. The van der Waals surface area contributed by atoms with Gasteiger partial charge < -0.3 is 0 Å². The largest absolute Gasteiger partial charge is 0.261 e. The molecule has 26 heavy (non-hydrogen) atoms. The normalized spacial score (nSPS) is 17.0. The van der Waals surface area contributed by atoms with Gasteiger partial charge in [0.05, 0.1) is 0 Å². The summed E-state index contributed by atoms with van der Waals surface area (Å²) in [7, 11) is 0. The Hall–Kier alpha value is -2.67. The zero-order valence-electron chi connectivity index (χ0n) is 15.4. The van der Waals surface area contributed by atoms with Crippen molar-refractivity contribution in [3.8, 4) is 11.1 Å². The Morgan fingerprint density at radius 1 is 0.885 bits per heavy atom. The molecule has 1 aromatic heterocycles. The lowest BCUT2D eigenvalue weighted by molar-refractivity contribution is 0.480. The molecule has 0 N–H and O–H groups in total. The van der Waals surface area contributed by atoms with Crippen LogP contribution in [0.15, 0.2) is 79.0 Å². The molecule has 3 aromatic rings. The Labute approximate surface area is 156 Å². The predicted molar refractivity (Wildman–Crippen MR) is 110 cm³/mol. The third-order valence-corrected chi connectivity index (χ3v) is 5.32. The third-order valence-electron chi connectivity index (χ3n) is 5.32. The lowest BCUT2D eigenvalue weighted by Gasteiger charge is -2.23. The Balaban J connectivity index is 1.48. The number of allylic oxidation sites excluding steroid dienone is 2. The Bertz CT molecular complexity index is 891. The van der Waals surface area contributed by atoms with Crippen LogP contribution >= 0.6 is 0 Å². The number of nitrogens with zero attached hydrogens (tertiary/aromatic N) is 1. The van der Waals surface area contributed by atoms with Gasteiger partial charge in [0, 0.05) is 11.9 Å². The van der Waals surface area contributed by atoms with Crippen molar-refractivity contribution in [3.05, 3.63) is 95.8 Å². The number of hydrogen-bond acceptors (Lipinski definition) is 1. The minimum absolute atomic E-state index is 0.676. The van der Waals surface area contributed by atoms with Crippen LogP contribution in [0.3, 0.4) is 0 Å². The first-order valence-electron chi connectivity index (χ1n) is 9.54. The molecule has 2 aromatic carbocycles. The molecule has 1 nitrogen and oxygen atoms in total. The zero-order chi connectivity index (χ0) is 17.8. The third kappa shape index (κ3) is 3.94. The minimum atomic E-state index is 0.676. The summed E-state index contributed by atoms with van der Waals surface area (Å²) in [5.41, 5.74) is 7.94. The van der Waals surface area contributed by atoms with Crippen LogP contribution in [-0.4, -0.2) is 4.98 Å². The van der Waals surface area contributed by atoms with E-state index in [4.69, 9.17) is 0 Å². The van der Waals surface area contributed by atoms with Crippen molar-refractivity contribution in [1.82, 2.24) is 4.98 Å². The summed E-state index contributed by atoms with van der Waals surface area (Å²) in [5, 5.41) is 0. The molecule has 0 bridgehead atoms. The van der Waals surface area contributed by atoms with Gasteiger partial charge in [-0.15, -0.1) is 0 Å². The van der Waals surface area contributed by atoms with E-state index in [2.05, 4.69) is 84.7 Å². The van der Waals surface area contributed by atoms with E-state index in [0.717, 1.165) is 12.8 Å². The van der Waals surface area contributed by atoms with Gasteiger partial charge in [-0.05, 0) is 72.9 Å². The lowest BCUT2D eigenvalue weighted by Crippen LogP contribution is -2.10. The zero-order valence-corrected chi connectivity index (χ0v) is 15.4. The van der Waals surface area contributed by atoms with Gasteiger partial charge in [-0.2, -0.15) is 0 Å². The van der Waals surface area contributed by atoms with Crippen LogP contribution in [0.25, 0.3) is 16.7 Å². The molecule has 1 atom stereocenters. The monoisotopic (exact) mass is 339 g/mol. The fraction of sp³-hybridized carbons (Fsp3) is 0.240. The average molecular weight is 339 g/mol. The molecule has 130 valence electrons. The maximum atomic E-state index is 4.65. The van der Waals surface area contributed by atoms with Gasteiger partial charge in [0.2, 0.25) is 0 Å². The van der Waals surface area contributed by atoms with E-state index >= 15 is 0 Å². The Morgan fingerprint density at radius 3 is 2.50 bits per heavy atom. The Morgan fingerprint density at radius 2 is 1.69 bits per heavy atom. The first-order valence-corrected chi connectivity index (χ1v) is 9.54. The SMILES string of the molecule is Cc1ccc(C2=CCCC(Cc3cc(-c4ccccc4)ccn3)C2)cc1. The fourth-order valence-electron chi connectivity index (χ4n) is 3.86. The molecule has 0 aliphatic heterocycles. The second-order valence-corrected chi connectivity index (χ2v) is 7.35. The van der Waals surface area contributed by atoms with Gasteiger partial charge in [0.25, 0.3) is 0 Å². The molecular formula is C25H25N. The van der Waals surface area contributed by atoms with Crippen molar-refractivity contribution in [2.75, 3.05) is 0 Å². The summed E-state index contributed by atoms with van der Waals surface area (Å²) in [5.74, 6) is 0.676. The summed E-state index contributed by atoms with van der Waals surface area (Å²) in [6.45, 7) is 2.15. The summed E-state index contributed by atoms with van der Waals surface area (Å²) in [4.78, 5) is 4.65. The fourth-order valence-corrected chi connectivity index (χ4v) is 3.86. The maximum absolute atomic E-state index is 4.65. The molecule has 1 unspecified atom stereocenters. The van der Waals surface area contributed by atoms with Crippen molar-refractivity contribution in [2.45, 2.75) is 32.6 Å². The first kappa shape index (κ1) is 16.8. The van der Waals surface area contributed by atoms with Crippen LogP contribution < -0.4 is 0 Å². The second-order valence-electron chi connectivity index (χ2n) is 7.35. The molecule has 0 saturated carbocycles. The smallest absolute Gasteiger partial charge is 0.0412 e. The predicted octanol–water partition coefficient (Wildman–Crippen LogP) is 6.48. The van der Waals surface area contributed by atoms with Gasteiger partial charge in [-0.25, -0.2) is 0 Å². The summed E-state index contributed by atoms with van der Waals surface area (Å²) < 4.78 is 0. The van der Waals surface area contributed by atoms with Crippen molar-refractivity contribution in [1.29, 1.82) is 0 Å². The highest BCUT2D eigenvalue weighted by Gasteiger charge is 2.18. The van der Waals surface area contributed by atoms with Crippen LogP contribution in [0.2, 0.25) is 0 Å². The van der Waals surface area contributed by atoms with E-state index in [0.29, 0.717) is 5.92 Å². The molecule has 1 heteroatoms. The molecule has 0 spiro atoms. The van der Waals surface area contributed by atoms with Crippen LogP contribution in [0.5, 0.6) is 0 Å². The second kappa shape index (κ2) is 7.70. The average Bonchev–Trinajstić information content (AvgIpc) is 2.70. The Kier molecular flexibility index (Phi) is 4.97. The van der Waals surface area contributed by atoms with Crippen molar-refractivity contribution < 1.29 is 0 Å². The van der Waals surface area contributed by atoms with Crippen LogP contribution in [0.1, 0.15) is 36.1 Å². The minimum Gasteiger partial charge on any atom is -0.261 e. The summed E-state index contributed by atoms with van der Waals surface area (Å²) in [6, 6.07) is 23.9. The van der Waals surface area contributed by atoms with Crippen molar-refractivity contribution >= 4 is 5.57 Å². The van der Waals surface area contributed by atoms with Crippen LogP contribution in [-0.2, 0) is 6.42 Å². The highest BCUT2D eigenvalue weighted by Crippen LogP contribution is 2.33. The van der Waals surface area contributed by atoms with Crippen LogP contribution in [0, 0.1) is 12.8 Å². The topological polar surface area (TPSA) is 12.9 Å². The van der Waals surface area contributed by atoms with E-state index in [1.807, 2.05) is 6.20 Å². The first-order chi connectivity index (χ1) is 12.8. The highest BCUT2D eigenvalue weighted by molar-refractivity contribution is 5.67.